The zero-order chi connectivity index (χ0) is 17.4. The van der Waals surface area contributed by atoms with Crippen LogP contribution in [0.4, 0.5) is 4.79 Å². The first-order chi connectivity index (χ1) is 11.7. The quantitative estimate of drug-likeness (QED) is 0.846. The normalized spacial score (nSPS) is 11.8. The third-order valence-electron chi connectivity index (χ3n) is 3.98. The number of pyridine rings is 1. The van der Waals surface area contributed by atoms with Gasteiger partial charge in [-0.1, -0.05) is 30.3 Å². The highest BCUT2D eigenvalue weighted by atomic mass is 16.5. The van der Waals surface area contributed by atoms with E-state index in [1.807, 2.05) is 50.2 Å². The van der Waals surface area contributed by atoms with Gasteiger partial charge in [-0.05, 0) is 36.6 Å². The van der Waals surface area contributed by atoms with E-state index < -0.39 is 0 Å². The number of urea groups is 1. The molecule has 1 atom stereocenters. The van der Waals surface area contributed by atoms with Crippen molar-refractivity contribution in [1.29, 1.82) is 0 Å². The maximum absolute atomic E-state index is 12.5. The molecule has 0 aliphatic carbocycles. The number of hydrogen-bond donors (Lipinski definition) is 1. The standard InChI is InChI=1S/C19H25N3O2/c1-4-22(15(2)18-9-6-10-20-13-18)19(23)21-12-16-7-5-8-17(11-16)14-24-3/h5-11,13,15H,4,12,14H2,1-3H3,(H,21,23)/t15-/m0/s1. The van der Waals surface area contributed by atoms with E-state index in [-0.39, 0.29) is 12.1 Å². The van der Waals surface area contributed by atoms with Gasteiger partial charge in [-0.3, -0.25) is 4.98 Å². The Kier molecular flexibility index (Phi) is 6.75. The van der Waals surface area contributed by atoms with Gasteiger partial charge in [0, 0.05) is 32.6 Å². The maximum Gasteiger partial charge on any atom is 0.318 e. The highest BCUT2D eigenvalue weighted by Crippen LogP contribution is 2.19. The van der Waals surface area contributed by atoms with Gasteiger partial charge in [-0.25, -0.2) is 4.79 Å². The number of ether oxygens (including phenoxy) is 1. The predicted molar refractivity (Wildman–Crippen MR) is 94.4 cm³/mol. The Labute approximate surface area is 143 Å². The smallest absolute Gasteiger partial charge is 0.318 e. The summed E-state index contributed by atoms with van der Waals surface area (Å²) in [5.74, 6) is 0. The van der Waals surface area contributed by atoms with Gasteiger partial charge in [0.05, 0.1) is 12.6 Å². The molecular formula is C19H25N3O2. The number of aromatic nitrogens is 1. The lowest BCUT2D eigenvalue weighted by molar-refractivity contribution is 0.182. The van der Waals surface area contributed by atoms with Crippen LogP contribution in [-0.4, -0.2) is 29.6 Å². The summed E-state index contributed by atoms with van der Waals surface area (Å²) in [4.78, 5) is 18.5. The molecule has 0 aliphatic heterocycles. The number of methoxy groups -OCH3 is 1. The van der Waals surface area contributed by atoms with Gasteiger partial charge in [0.1, 0.15) is 0 Å². The molecule has 24 heavy (non-hydrogen) atoms. The molecule has 2 amide bonds. The maximum atomic E-state index is 12.5. The molecule has 0 fully saturated rings. The second kappa shape index (κ2) is 9.03. The molecule has 0 unspecified atom stereocenters. The molecule has 1 heterocycles. The fourth-order valence-corrected chi connectivity index (χ4v) is 2.67. The monoisotopic (exact) mass is 327 g/mol. The Morgan fingerprint density at radius 3 is 2.75 bits per heavy atom. The Bertz CT molecular complexity index is 646. The van der Waals surface area contributed by atoms with E-state index in [4.69, 9.17) is 4.74 Å². The minimum Gasteiger partial charge on any atom is -0.380 e. The summed E-state index contributed by atoms with van der Waals surface area (Å²) in [6, 6.07) is 11.8. The van der Waals surface area contributed by atoms with Crippen molar-refractivity contribution < 1.29 is 9.53 Å². The highest BCUT2D eigenvalue weighted by molar-refractivity contribution is 5.74. The molecule has 2 rings (SSSR count). The van der Waals surface area contributed by atoms with Gasteiger partial charge in [-0.2, -0.15) is 0 Å². The molecule has 1 aromatic heterocycles. The zero-order valence-corrected chi connectivity index (χ0v) is 14.5. The average molecular weight is 327 g/mol. The second-order valence-corrected chi connectivity index (χ2v) is 5.66. The van der Waals surface area contributed by atoms with E-state index in [0.717, 1.165) is 16.7 Å². The molecule has 5 nitrogen and oxygen atoms in total. The number of nitrogens with zero attached hydrogens (tertiary/aromatic N) is 2. The number of carbonyl (C=O) groups is 1. The van der Waals surface area contributed by atoms with Gasteiger partial charge in [-0.15, -0.1) is 0 Å². The largest absolute Gasteiger partial charge is 0.380 e. The van der Waals surface area contributed by atoms with Gasteiger partial charge in [0.15, 0.2) is 0 Å². The minimum absolute atomic E-state index is 0.0245. The lowest BCUT2D eigenvalue weighted by Crippen LogP contribution is -2.41. The van der Waals surface area contributed by atoms with Crippen LogP contribution >= 0.6 is 0 Å². The SMILES string of the molecule is CCN(C(=O)NCc1cccc(COC)c1)[C@@H](C)c1cccnc1. The molecule has 2 aromatic rings. The molecule has 5 heteroatoms. The van der Waals surface area contributed by atoms with Crippen molar-refractivity contribution >= 4 is 6.03 Å². The van der Waals surface area contributed by atoms with E-state index in [0.29, 0.717) is 19.7 Å². The van der Waals surface area contributed by atoms with Crippen molar-refractivity contribution in [3.8, 4) is 0 Å². The molecular weight excluding hydrogens is 302 g/mol. The number of rotatable bonds is 7. The van der Waals surface area contributed by atoms with Crippen LogP contribution in [0, 0.1) is 0 Å². The predicted octanol–water partition coefficient (Wildman–Crippen LogP) is 3.52. The third kappa shape index (κ3) is 4.80. The molecule has 128 valence electrons. The molecule has 0 saturated heterocycles. The Balaban J connectivity index is 1.98. The van der Waals surface area contributed by atoms with Gasteiger partial charge in [0.2, 0.25) is 0 Å². The molecule has 0 bridgehead atoms. The topological polar surface area (TPSA) is 54.5 Å². The highest BCUT2D eigenvalue weighted by Gasteiger charge is 2.19. The first-order valence-corrected chi connectivity index (χ1v) is 8.16. The summed E-state index contributed by atoms with van der Waals surface area (Å²) >= 11 is 0. The van der Waals surface area contributed by atoms with E-state index in [2.05, 4.69) is 10.3 Å². The van der Waals surface area contributed by atoms with Crippen molar-refractivity contribution in [1.82, 2.24) is 15.2 Å². The fourth-order valence-electron chi connectivity index (χ4n) is 2.67. The van der Waals surface area contributed by atoms with Crippen molar-refractivity contribution in [2.45, 2.75) is 33.0 Å². The van der Waals surface area contributed by atoms with Crippen molar-refractivity contribution in [2.24, 2.45) is 0 Å². The first kappa shape index (κ1) is 17.9. The number of nitrogens with one attached hydrogen (secondary N) is 1. The van der Waals surface area contributed by atoms with Crippen molar-refractivity contribution in [3.63, 3.8) is 0 Å². The number of hydrogen-bond acceptors (Lipinski definition) is 3. The summed E-state index contributed by atoms with van der Waals surface area (Å²) in [7, 11) is 1.67. The van der Waals surface area contributed by atoms with Crippen molar-refractivity contribution in [2.75, 3.05) is 13.7 Å². The van der Waals surface area contributed by atoms with Crippen LogP contribution < -0.4 is 5.32 Å². The average Bonchev–Trinajstić information content (AvgIpc) is 2.62. The Hall–Kier alpha value is -2.40. The summed E-state index contributed by atoms with van der Waals surface area (Å²) in [6.45, 7) is 5.68. The summed E-state index contributed by atoms with van der Waals surface area (Å²) in [5, 5.41) is 3.00. The Morgan fingerprint density at radius 1 is 1.29 bits per heavy atom. The van der Waals surface area contributed by atoms with Crippen LogP contribution in [0.1, 0.15) is 36.6 Å². The van der Waals surface area contributed by atoms with Gasteiger partial charge >= 0.3 is 6.03 Å². The van der Waals surface area contributed by atoms with Crippen LogP contribution in [0.5, 0.6) is 0 Å². The van der Waals surface area contributed by atoms with E-state index in [1.54, 1.807) is 24.4 Å². The van der Waals surface area contributed by atoms with E-state index in [1.165, 1.54) is 0 Å². The first-order valence-electron chi connectivity index (χ1n) is 8.16. The van der Waals surface area contributed by atoms with Crippen LogP contribution in [0.25, 0.3) is 0 Å². The third-order valence-corrected chi connectivity index (χ3v) is 3.98. The molecule has 0 spiro atoms. The number of amides is 2. The molecule has 0 radical (unpaired) electrons. The second-order valence-electron chi connectivity index (χ2n) is 5.66. The van der Waals surface area contributed by atoms with E-state index in [9.17, 15) is 4.79 Å². The van der Waals surface area contributed by atoms with Crippen LogP contribution in [-0.2, 0) is 17.9 Å². The summed E-state index contributed by atoms with van der Waals surface area (Å²) < 4.78 is 5.14. The van der Waals surface area contributed by atoms with Gasteiger partial charge in [0.25, 0.3) is 0 Å². The van der Waals surface area contributed by atoms with E-state index >= 15 is 0 Å². The number of benzene rings is 1. The molecule has 1 aromatic carbocycles. The van der Waals surface area contributed by atoms with Crippen molar-refractivity contribution in [3.05, 3.63) is 65.5 Å². The molecule has 1 N–H and O–H groups in total. The lowest BCUT2D eigenvalue weighted by Gasteiger charge is -2.28. The molecule has 0 saturated carbocycles. The summed E-state index contributed by atoms with van der Waals surface area (Å²) in [5.41, 5.74) is 3.18. The zero-order valence-electron chi connectivity index (χ0n) is 14.5. The molecule has 0 aliphatic rings. The lowest BCUT2D eigenvalue weighted by atomic mass is 10.1. The van der Waals surface area contributed by atoms with Crippen LogP contribution in [0.15, 0.2) is 48.8 Å². The van der Waals surface area contributed by atoms with Crippen LogP contribution in [0.3, 0.4) is 0 Å². The van der Waals surface area contributed by atoms with Gasteiger partial charge < -0.3 is 15.0 Å². The summed E-state index contributed by atoms with van der Waals surface area (Å²) in [6.07, 6.45) is 3.54. The minimum atomic E-state index is -0.0778. The number of carbonyl (C=O) groups excluding carboxylic acids is 1. The fraction of sp³-hybridized carbons (Fsp3) is 0.368. The van der Waals surface area contributed by atoms with Crippen LogP contribution in [0.2, 0.25) is 0 Å². The Morgan fingerprint density at radius 2 is 2.08 bits per heavy atom.